The SMILES string of the molecule is CCOC(=O)CCCCCCNC(=NC)NCc1ccnn1C.I. The number of hydrogen-bond donors (Lipinski definition) is 2. The Kier molecular flexibility index (Phi) is 13.3. The maximum absolute atomic E-state index is 11.2. The van der Waals surface area contributed by atoms with Gasteiger partial charge in [0.15, 0.2) is 5.96 Å². The predicted octanol–water partition coefficient (Wildman–Crippen LogP) is 2.22. The molecule has 24 heavy (non-hydrogen) atoms. The van der Waals surface area contributed by atoms with Crippen LogP contribution in [0.5, 0.6) is 0 Å². The highest BCUT2D eigenvalue weighted by Gasteiger charge is 2.02. The number of aliphatic imine (C=N–C) groups is 1. The Morgan fingerprint density at radius 1 is 1.29 bits per heavy atom. The number of rotatable bonds is 10. The minimum atomic E-state index is -0.0922. The number of guanidine groups is 1. The first-order chi connectivity index (χ1) is 11.2. The van der Waals surface area contributed by atoms with E-state index in [1.165, 1.54) is 0 Å². The molecule has 0 amide bonds. The average molecular weight is 451 g/mol. The zero-order chi connectivity index (χ0) is 16.9. The molecule has 0 fully saturated rings. The molecule has 0 spiro atoms. The Balaban J connectivity index is 0.00000529. The fraction of sp³-hybridized carbons (Fsp3) is 0.688. The van der Waals surface area contributed by atoms with Crippen molar-refractivity contribution in [3.8, 4) is 0 Å². The van der Waals surface area contributed by atoms with Crippen LogP contribution < -0.4 is 10.6 Å². The van der Waals surface area contributed by atoms with E-state index in [0.717, 1.165) is 43.9 Å². The molecule has 0 atom stereocenters. The molecule has 8 heteroatoms. The highest BCUT2D eigenvalue weighted by atomic mass is 127. The summed E-state index contributed by atoms with van der Waals surface area (Å²) in [5, 5.41) is 10.7. The predicted molar refractivity (Wildman–Crippen MR) is 107 cm³/mol. The van der Waals surface area contributed by atoms with Gasteiger partial charge >= 0.3 is 5.97 Å². The maximum atomic E-state index is 11.2. The number of carbonyl (C=O) groups is 1. The molecule has 0 aromatic carbocycles. The Morgan fingerprint density at radius 2 is 2.04 bits per heavy atom. The second-order valence-electron chi connectivity index (χ2n) is 5.27. The summed E-state index contributed by atoms with van der Waals surface area (Å²) < 4.78 is 6.74. The molecule has 1 aromatic rings. The zero-order valence-corrected chi connectivity index (χ0v) is 17.2. The monoisotopic (exact) mass is 451 g/mol. The molecule has 0 radical (unpaired) electrons. The topological polar surface area (TPSA) is 80.5 Å². The van der Waals surface area contributed by atoms with Crippen molar-refractivity contribution in [3.63, 3.8) is 0 Å². The van der Waals surface area contributed by atoms with Gasteiger partial charge in [0.2, 0.25) is 0 Å². The molecule has 0 aliphatic carbocycles. The summed E-state index contributed by atoms with van der Waals surface area (Å²) >= 11 is 0. The van der Waals surface area contributed by atoms with Gasteiger partial charge in [-0.1, -0.05) is 12.8 Å². The summed E-state index contributed by atoms with van der Waals surface area (Å²) in [7, 11) is 3.68. The van der Waals surface area contributed by atoms with Crippen LogP contribution in [0.15, 0.2) is 17.3 Å². The van der Waals surface area contributed by atoms with E-state index in [2.05, 4.69) is 20.7 Å². The van der Waals surface area contributed by atoms with Crippen molar-refractivity contribution in [3.05, 3.63) is 18.0 Å². The third-order valence-electron chi connectivity index (χ3n) is 3.49. The first-order valence-electron chi connectivity index (χ1n) is 8.24. The third kappa shape index (κ3) is 9.74. The van der Waals surface area contributed by atoms with Crippen LogP contribution in [0.2, 0.25) is 0 Å². The van der Waals surface area contributed by atoms with Crippen molar-refractivity contribution < 1.29 is 9.53 Å². The van der Waals surface area contributed by atoms with Crippen molar-refractivity contribution in [1.29, 1.82) is 0 Å². The second kappa shape index (κ2) is 14.1. The van der Waals surface area contributed by atoms with E-state index in [4.69, 9.17) is 4.74 Å². The molecule has 0 unspecified atom stereocenters. The van der Waals surface area contributed by atoms with Crippen molar-refractivity contribution in [2.75, 3.05) is 20.2 Å². The number of ether oxygens (including phenoxy) is 1. The Hall–Kier alpha value is -1.32. The van der Waals surface area contributed by atoms with E-state index in [9.17, 15) is 4.79 Å². The van der Waals surface area contributed by atoms with Gasteiger partial charge in [-0.25, -0.2) is 0 Å². The summed E-state index contributed by atoms with van der Waals surface area (Å²) in [6.45, 7) is 3.85. The van der Waals surface area contributed by atoms with Crippen LogP contribution in [0.4, 0.5) is 0 Å². The molecule has 0 aliphatic rings. The summed E-state index contributed by atoms with van der Waals surface area (Å²) in [6, 6.07) is 1.98. The Labute approximate surface area is 161 Å². The lowest BCUT2D eigenvalue weighted by Gasteiger charge is -2.11. The van der Waals surface area contributed by atoms with E-state index in [0.29, 0.717) is 19.6 Å². The summed E-state index contributed by atoms with van der Waals surface area (Å²) in [4.78, 5) is 15.4. The van der Waals surface area contributed by atoms with E-state index in [-0.39, 0.29) is 29.9 Å². The lowest BCUT2D eigenvalue weighted by molar-refractivity contribution is -0.143. The number of hydrogen-bond acceptors (Lipinski definition) is 4. The molecular formula is C16H30IN5O2. The molecule has 1 heterocycles. The van der Waals surface area contributed by atoms with Gasteiger partial charge in [0.1, 0.15) is 0 Å². The minimum Gasteiger partial charge on any atom is -0.466 e. The van der Waals surface area contributed by atoms with Gasteiger partial charge in [0, 0.05) is 33.3 Å². The first-order valence-corrected chi connectivity index (χ1v) is 8.24. The number of aromatic nitrogens is 2. The molecule has 1 aromatic heterocycles. The van der Waals surface area contributed by atoms with Crippen LogP contribution in [0.1, 0.15) is 44.7 Å². The number of unbranched alkanes of at least 4 members (excludes halogenated alkanes) is 3. The first kappa shape index (κ1) is 22.7. The molecule has 0 saturated carbocycles. The molecule has 0 aliphatic heterocycles. The molecule has 1 rings (SSSR count). The lowest BCUT2D eigenvalue weighted by Crippen LogP contribution is -2.37. The fourth-order valence-corrected chi connectivity index (χ4v) is 2.16. The van der Waals surface area contributed by atoms with Crippen LogP contribution in [-0.2, 0) is 23.1 Å². The van der Waals surface area contributed by atoms with Crippen LogP contribution in [-0.4, -0.2) is 41.9 Å². The summed E-state index contributed by atoms with van der Waals surface area (Å²) in [6.07, 6.45) is 6.38. The number of aryl methyl sites for hydroxylation is 1. The van der Waals surface area contributed by atoms with Crippen LogP contribution in [0.25, 0.3) is 0 Å². The Morgan fingerprint density at radius 3 is 2.67 bits per heavy atom. The van der Waals surface area contributed by atoms with E-state index in [1.807, 2.05) is 24.7 Å². The highest BCUT2D eigenvalue weighted by Crippen LogP contribution is 2.03. The standard InChI is InChI=1S/C16H29N5O2.HI/c1-4-23-15(22)9-7-5-6-8-11-18-16(17-2)19-13-14-10-12-20-21(14)3;/h10,12H,4-9,11,13H2,1-3H3,(H2,17,18,19);1H. The van der Waals surface area contributed by atoms with Gasteiger partial charge < -0.3 is 15.4 Å². The highest BCUT2D eigenvalue weighted by molar-refractivity contribution is 14.0. The molecular weight excluding hydrogens is 421 g/mol. The maximum Gasteiger partial charge on any atom is 0.305 e. The number of carbonyl (C=O) groups excluding carboxylic acids is 1. The third-order valence-corrected chi connectivity index (χ3v) is 3.49. The van der Waals surface area contributed by atoms with Crippen molar-refractivity contribution in [2.24, 2.45) is 12.0 Å². The van der Waals surface area contributed by atoms with Gasteiger partial charge in [-0.15, -0.1) is 24.0 Å². The van der Waals surface area contributed by atoms with Gasteiger partial charge in [0.25, 0.3) is 0 Å². The summed E-state index contributed by atoms with van der Waals surface area (Å²) in [5.74, 6) is 0.697. The number of nitrogens with zero attached hydrogens (tertiary/aromatic N) is 3. The quantitative estimate of drug-likeness (QED) is 0.188. The number of nitrogens with one attached hydrogen (secondary N) is 2. The van der Waals surface area contributed by atoms with E-state index in [1.54, 1.807) is 13.2 Å². The van der Waals surface area contributed by atoms with E-state index >= 15 is 0 Å². The fourth-order valence-electron chi connectivity index (χ4n) is 2.16. The van der Waals surface area contributed by atoms with Gasteiger partial charge in [0.05, 0.1) is 18.8 Å². The van der Waals surface area contributed by atoms with Gasteiger partial charge in [-0.2, -0.15) is 5.10 Å². The van der Waals surface area contributed by atoms with Crippen molar-refractivity contribution in [2.45, 2.75) is 45.6 Å². The number of halogens is 1. The summed E-state index contributed by atoms with van der Waals surface area (Å²) in [5.41, 5.74) is 1.10. The number of esters is 1. The van der Waals surface area contributed by atoms with Crippen molar-refractivity contribution in [1.82, 2.24) is 20.4 Å². The van der Waals surface area contributed by atoms with Crippen LogP contribution >= 0.6 is 24.0 Å². The molecule has 0 bridgehead atoms. The van der Waals surface area contributed by atoms with Crippen molar-refractivity contribution >= 4 is 35.9 Å². The smallest absolute Gasteiger partial charge is 0.305 e. The second-order valence-corrected chi connectivity index (χ2v) is 5.27. The largest absolute Gasteiger partial charge is 0.466 e. The minimum absolute atomic E-state index is 0. The van der Waals surface area contributed by atoms with E-state index < -0.39 is 0 Å². The van der Waals surface area contributed by atoms with Crippen LogP contribution in [0.3, 0.4) is 0 Å². The normalized spacial score (nSPS) is 10.9. The zero-order valence-electron chi connectivity index (χ0n) is 14.9. The van der Waals surface area contributed by atoms with Gasteiger partial charge in [-0.05, 0) is 25.8 Å². The molecule has 138 valence electrons. The van der Waals surface area contributed by atoms with Crippen LogP contribution in [0, 0.1) is 0 Å². The Bertz CT molecular complexity index is 491. The lowest BCUT2D eigenvalue weighted by atomic mass is 10.1. The molecule has 0 saturated heterocycles. The molecule has 2 N–H and O–H groups in total. The van der Waals surface area contributed by atoms with Gasteiger partial charge in [-0.3, -0.25) is 14.5 Å². The average Bonchev–Trinajstić information content (AvgIpc) is 2.95. The molecule has 7 nitrogen and oxygen atoms in total.